The third-order valence-electron chi connectivity index (χ3n) is 5.72. The summed E-state index contributed by atoms with van der Waals surface area (Å²) in [4.78, 5) is 25.7. The molecule has 0 amide bonds. The van der Waals surface area contributed by atoms with Gasteiger partial charge in [-0.15, -0.1) is 0 Å². The van der Waals surface area contributed by atoms with E-state index in [2.05, 4.69) is 14.8 Å². The summed E-state index contributed by atoms with van der Waals surface area (Å²) in [5.74, 6) is -2.76. The first-order valence-corrected chi connectivity index (χ1v) is 11.0. The van der Waals surface area contributed by atoms with Gasteiger partial charge < -0.3 is 9.47 Å². The lowest BCUT2D eigenvalue weighted by Crippen LogP contribution is -2.64. The zero-order valence-corrected chi connectivity index (χ0v) is 16.9. The molecule has 5 heterocycles. The molecule has 4 aliphatic heterocycles. The van der Waals surface area contributed by atoms with E-state index in [0.29, 0.717) is 24.4 Å². The summed E-state index contributed by atoms with van der Waals surface area (Å²) >= 11 is 2.65. The maximum atomic E-state index is 11.9. The number of carbonyl (C=O) groups is 2. The molecule has 1 atom stereocenters. The number of esters is 2. The Bertz CT molecular complexity index is 992. The lowest BCUT2D eigenvalue weighted by molar-refractivity contribution is -0.300. The number of nitriles is 1. The van der Waals surface area contributed by atoms with Crippen molar-refractivity contribution in [1.29, 1.82) is 5.26 Å². The van der Waals surface area contributed by atoms with Crippen LogP contribution in [0.1, 0.15) is 35.6 Å². The molecule has 0 radical (unpaired) electrons. The van der Waals surface area contributed by atoms with E-state index in [1.54, 1.807) is 12.1 Å². The Balaban J connectivity index is 1.43. The van der Waals surface area contributed by atoms with E-state index in [1.165, 1.54) is 11.8 Å². The second-order valence-corrected chi connectivity index (χ2v) is 8.76. The first kappa shape index (κ1) is 18.5. The van der Waals surface area contributed by atoms with Crippen LogP contribution in [-0.2, 0) is 24.8 Å². The molecule has 4 fully saturated rings. The molecular weight excluding hydrogens is 412 g/mol. The lowest BCUT2D eigenvalue weighted by atomic mass is 9.74. The van der Waals surface area contributed by atoms with E-state index in [4.69, 9.17) is 14.7 Å². The number of nitrogens with zero attached hydrogens (tertiary/aromatic N) is 4. The number of piperidine rings is 3. The second-order valence-electron chi connectivity index (χ2n) is 7.26. The minimum absolute atomic E-state index is 0.205. The fourth-order valence-electron chi connectivity index (χ4n) is 4.37. The van der Waals surface area contributed by atoms with Crippen molar-refractivity contribution in [3.8, 4) is 6.07 Å². The largest absolute Gasteiger partial charge is 0.421 e. The molecule has 1 spiro atoms. The molecule has 29 heavy (non-hydrogen) atoms. The number of aromatic nitrogens is 2. The van der Waals surface area contributed by atoms with Gasteiger partial charge in [-0.05, 0) is 36.5 Å². The molecule has 1 aromatic carbocycles. The number of hydrogen-bond donors (Lipinski definition) is 0. The van der Waals surface area contributed by atoms with Crippen molar-refractivity contribution < 1.29 is 19.1 Å². The second kappa shape index (κ2) is 7.09. The van der Waals surface area contributed by atoms with Crippen LogP contribution in [0, 0.1) is 17.2 Å². The van der Waals surface area contributed by atoms with E-state index in [1.807, 2.05) is 17.0 Å². The maximum Gasteiger partial charge on any atom is 0.421 e. The third kappa shape index (κ3) is 3.01. The third-order valence-corrected chi connectivity index (χ3v) is 7.43. The van der Waals surface area contributed by atoms with Crippen molar-refractivity contribution in [2.45, 2.75) is 35.4 Å². The quantitative estimate of drug-likeness (QED) is 0.412. The fourth-order valence-corrected chi connectivity index (χ4v) is 6.05. The van der Waals surface area contributed by atoms with Crippen molar-refractivity contribution in [2.24, 2.45) is 5.92 Å². The number of fused-ring (bicyclic) bond motifs is 2. The molecule has 0 saturated carbocycles. The standard InChI is InChI=1S/C19H16N4O4S2/c20-9-11-1-3-12(4-2-11)10-28-16-15(21-29-22-16)14-13-5-7-23(8-6-13)19(14)26-17(24)18(25)27-19/h1-4,13-14H,5-8,10H2. The van der Waals surface area contributed by atoms with E-state index >= 15 is 0 Å². The number of benzene rings is 1. The van der Waals surface area contributed by atoms with Crippen molar-refractivity contribution >= 4 is 35.4 Å². The van der Waals surface area contributed by atoms with Gasteiger partial charge in [-0.25, -0.2) is 14.5 Å². The number of rotatable bonds is 4. The summed E-state index contributed by atoms with van der Waals surface area (Å²) in [6, 6.07) is 9.52. The number of carbonyl (C=O) groups excluding carboxylic acids is 2. The highest BCUT2D eigenvalue weighted by Crippen LogP contribution is 2.53. The molecule has 1 aromatic heterocycles. The van der Waals surface area contributed by atoms with Crippen molar-refractivity contribution in [3.63, 3.8) is 0 Å². The molecule has 6 rings (SSSR count). The van der Waals surface area contributed by atoms with Crippen LogP contribution in [0.25, 0.3) is 0 Å². The average molecular weight is 428 g/mol. The Labute approximate surface area is 175 Å². The van der Waals surface area contributed by atoms with Crippen LogP contribution in [0.4, 0.5) is 0 Å². The van der Waals surface area contributed by atoms with Gasteiger partial charge in [0, 0.05) is 18.8 Å². The van der Waals surface area contributed by atoms with Crippen LogP contribution in [0.5, 0.6) is 0 Å². The minimum atomic E-state index is -1.39. The summed E-state index contributed by atoms with van der Waals surface area (Å²) < 4.78 is 20.0. The van der Waals surface area contributed by atoms with Gasteiger partial charge in [0.05, 0.1) is 23.4 Å². The van der Waals surface area contributed by atoms with Crippen LogP contribution in [0.3, 0.4) is 0 Å². The normalized spacial score (nSPS) is 26.9. The Morgan fingerprint density at radius 3 is 2.52 bits per heavy atom. The number of thioether (sulfide) groups is 1. The molecule has 1 unspecified atom stereocenters. The SMILES string of the molecule is N#Cc1ccc(CSc2nsnc2C2C3CCN(CC3)C23OC(=O)C(=O)O3)cc1. The summed E-state index contributed by atoms with van der Waals surface area (Å²) in [5, 5.41) is 9.69. The molecule has 2 bridgehead atoms. The number of ether oxygens (including phenoxy) is 2. The van der Waals surface area contributed by atoms with Gasteiger partial charge in [-0.3, -0.25) is 0 Å². The first-order chi connectivity index (χ1) is 14.1. The maximum absolute atomic E-state index is 11.9. The predicted octanol–water partition coefficient (Wildman–Crippen LogP) is 2.27. The van der Waals surface area contributed by atoms with E-state index in [9.17, 15) is 9.59 Å². The first-order valence-electron chi connectivity index (χ1n) is 9.26. The lowest BCUT2D eigenvalue weighted by Gasteiger charge is -2.53. The fraction of sp³-hybridized carbons (Fsp3) is 0.421. The van der Waals surface area contributed by atoms with Crippen LogP contribution in [0.2, 0.25) is 0 Å². The molecular formula is C19H16N4O4S2. The van der Waals surface area contributed by atoms with Gasteiger partial charge in [0.25, 0.3) is 0 Å². The Morgan fingerprint density at radius 2 is 1.86 bits per heavy atom. The highest BCUT2D eigenvalue weighted by molar-refractivity contribution is 7.98. The van der Waals surface area contributed by atoms with Crippen LogP contribution in [0.15, 0.2) is 29.3 Å². The van der Waals surface area contributed by atoms with Gasteiger partial charge in [0.2, 0.25) is 0 Å². The Kier molecular flexibility index (Phi) is 4.53. The zero-order chi connectivity index (χ0) is 20.0. The molecule has 0 N–H and O–H groups in total. The zero-order valence-electron chi connectivity index (χ0n) is 15.2. The summed E-state index contributed by atoms with van der Waals surface area (Å²) in [7, 11) is 0. The number of hydrogen-bond acceptors (Lipinski definition) is 10. The van der Waals surface area contributed by atoms with Gasteiger partial charge in [-0.1, -0.05) is 23.9 Å². The van der Waals surface area contributed by atoms with E-state index < -0.39 is 17.8 Å². The highest BCUT2D eigenvalue weighted by Gasteiger charge is 2.65. The molecule has 8 nitrogen and oxygen atoms in total. The molecule has 0 aliphatic carbocycles. The van der Waals surface area contributed by atoms with Crippen LogP contribution >= 0.6 is 23.5 Å². The molecule has 10 heteroatoms. The van der Waals surface area contributed by atoms with Gasteiger partial charge in [0.15, 0.2) is 0 Å². The van der Waals surface area contributed by atoms with Crippen molar-refractivity contribution in [1.82, 2.24) is 13.6 Å². The monoisotopic (exact) mass is 428 g/mol. The van der Waals surface area contributed by atoms with Crippen LogP contribution < -0.4 is 0 Å². The summed E-state index contributed by atoms with van der Waals surface area (Å²) in [6.07, 6.45) is 1.86. The molecule has 148 valence electrons. The van der Waals surface area contributed by atoms with Gasteiger partial charge >= 0.3 is 17.8 Å². The van der Waals surface area contributed by atoms with E-state index in [-0.39, 0.29) is 11.8 Å². The van der Waals surface area contributed by atoms with E-state index in [0.717, 1.165) is 40.9 Å². The molecule has 2 aromatic rings. The summed E-state index contributed by atoms with van der Waals surface area (Å²) in [5.41, 5.74) is 2.41. The Morgan fingerprint density at radius 1 is 1.17 bits per heavy atom. The smallest absolute Gasteiger partial charge is 0.399 e. The average Bonchev–Trinajstić information content (AvgIpc) is 3.32. The van der Waals surface area contributed by atoms with Crippen molar-refractivity contribution in [2.75, 3.05) is 13.1 Å². The summed E-state index contributed by atoms with van der Waals surface area (Å²) in [6.45, 7) is 1.43. The van der Waals surface area contributed by atoms with Gasteiger partial charge in [0.1, 0.15) is 16.6 Å². The minimum Gasteiger partial charge on any atom is -0.399 e. The Hall–Kier alpha value is -2.48. The molecule has 4 aliphatic rings. The molecule has 4 saturated heterocycles. The topological polar surface area (TPSA) is 105 Å². The van der Waals surface area contributed by atoms with Crippen molar-refractivity contribution in [3.05, 3.63) is 41.1 Å². The van der Waals surface area contributed by atoms with Crippen LogP contribution in [-0.4, -0.2) is 44.6 Å². The predicted molar refractivity (Wildman–Crippen MR) is 103 cm³/mol. The van der Waals surface area contributed by atoms with Gasteiger partial charge in [-0.2, -0.15) is 14.0 Å². The highest BCUT2D eigenvalue weighted by atomic mass is 32.2.